The van der Waals surface area contributed by atoms with Gasteiger partial charge < -0.3 is 28.8 Å². The fourth-order valence-electron chi connectivity index (χ4n) is 10.2. The number of likely N-dealkylation sites (N-methyl/N-ethyl adjacent to an activating group) is 1. The van der Waals surface area contributed by atoms with E-state index in [2.05, 4.69) is 153 Å². The fraction of sp³-hybridized carbons (Fsp3) is 0.688. The Bertz CT molecular complexity index is 1960. The van der Waals surface area contributed by atoms with Crippen LogP contribution in [0.3, 0.4) is 0 Å². The van der Waals surface area contributed by atoms with Crippen molar-refractivity contribution < 1.29 is 32.9 Å². The number of aliphatic hydroxyl groups is 1. The first-order valence-electron chi connectivity index (χ1n) is 36.7. The molecule has 0 bridgehead atoms. The molecule has 0 saturated heterocycles. The lowest BCUT2D eigenvalue weighted by Crippen LogP contribution is -2.45. The summed E-state index contributed by atoms with van der Waals surface area (Å²) < 4.78 is 23.5. The summed E-state index contributed by atoms with van der Waals surface area (Å²) in [7, 11) is 1.23. The molecule has 2 N–H and O–H groups in total. The number of rotatable bonds is 66. The number of nitrogens with zero attached hydrogens (tertiary/aromatic N) is 1. The molecule has 0 saturated carbocycles. The van der Waals surface area contributed by atoms with Crippen molar-refractivity contribution in [3.8, 4) is 0 Å². The van der Waals surface area contributed by atoms with Crippen LogP contribution in [0.1, 0.15) is 303 Å². The van der Waals surface area contributed by atoms with Crippen LogP contribution < -0.4 is 10.2 Å². The number of unbranched alkanes of at least 4 members (excludes halogenated alkanes) is 31. The predicted molar refractivity (Wildman–Crippen MR) is 389 cm³/mol. The largest absolute Gasteiger partial charge is 0.756 e. The van der Waals surface area contributed by atoms with Crippen LogP contribution in [0.2, 0.25) is 0 Å². The van der Waals surface area contributed by atoms with Crippen LogP contribution in [0.5, 0.6) is 0 Å². The van der Waals surface area contributed by atoms with Gasteiger partial charge >= 0.3 is 0 Å². The first kappa shape index (κ1) is 85.4. The van der Waals surface area contributed by atoms with Crippen LogP contribution in [-0.4, -0.2) is 68.5 Å². The third-order valence-electron chi connectivity index (χ3n) is 15.8. The molecule has 0 aromatic rings. The summed E-state index contributed by atoms with van der Waals surface area (Å²) in [5.74, 6) is -0.219. The van der Waals surface area contributed by atoms with Crippen molar-refractivity contribution in [2.75, 3.05) is 40.9 Å². The number of phosphoric acid groups is 1. The lowest BCUT2D eigenvalue weighted by atomic mass is 10.0. The van der Waals surface area contributed by atoms with Gasteiger partial charge in [-0.15, -0.1) is 0 Å². The first-order valence-corrected chi connectivity index (χ1v) is 38.2. The van der Waals surface area contributed by atoms with E-state index in [0.29, 0.717) is 17.4 Å². The summed E-state index contributed by atoms with van der Waals surface area (Å²) in [6, 6.07) is -0.910. The Hall–Kier alpha value is -3.62. The average Bonchev–Trinajstić information content (AvgIpc) is 3.55. The van der Waals surface area contributed by atoms with E-state index in [1.165, 1.54) is 154 Å². The molecule has 89 heavy (non-hydrogen) atoms. The van der Waals surface area contributed by atoms with Gasteiger partial charge in [-0.2, -0.15) is 0 Å². The molecule has 3 unspecified atom stereocenters. The van der Waals surface area contributed by atoms with Gasteiger partial charge in [0.05, 0.1) is 39.9 Å². The van der Waals surface area contributed by atoms with E-state index in [1.807, 2.05) is 27.2 Å². The molecular formula is C80H139N2O6P. The lowest BCUT2D eigenvalue weighted by molar-refractivity contribution is -0.870. The van der Waals surface area contributed by atoms with Gasteiger partial charge in [-0.05, 0) is 103 Å². The van der Waals surface area contributed by atoms with Crippen molar-refractivity contribution in [2.45, 2.75) is 315 Å². The summed E-state index contributed by atoms with van der Waals surface area (Å²) in [4.78, 5) is 25.7. The average molecular weight is 1260 g/mol. The zero-order valence-electron chi connectivity index (χ0n) is 58.3. The Morgan fingerprint density at radius 2 is 0.685 bits per heavy atom. The Balaban J connectivity index is 4.17. The van der Waals surface area contributed by atoms with E-state index in [1.54, 1.807) is 6.08 Å². The Kier molecular flexibility index (Phi) is 65.9. The molecule has 0 aliphatic carbocycles. The van der Waals surface area contributed by atoms with Gasteiger partial charge in [0.15, 0.2) is 0 Å². The second kappa shape index (κ2) is 68.7. The van der Waals surface area contributed by atoms with Gasteiger partial charge in [0.25, 0.3) is 7.82 Å². The maximum Gasteiger partial charge on any atom is 0.268 e. The molecule has 0 fully saturated rings. The topological polar surface area (TPSA) is 108 Å². The molecule has 0 spiro atoms. The van der Waals surface area contributed by atoms with Crippen molar-refractivity contribution in [1.82, 2.24) is 5.32 Å². The molecule has 8 nitrogen and oxygen atoms in total. The second-order valence-electron chi connectivity index (χ2n) is 25.6. The van der Waals surface area contributed by atoms with Crippen molar-refractivity contribution in [1.29, 1.82) is 0 Å². The van der Waals surface area contributed by atoms with Crippen LogP contribution in [0.25, 0.3) is 0 Å². The van der Waals surface area contributed by atoms with E-state index < -0.39 is 26.6 Å². The van der Waals surface area contributed by atoms with Gasteiger partial charge in [0.2, 0.25) is 5.91 Å². The summed E-state index contributed by atoms with van der Waals surface area (Å²) in [6.45, 7) is 4.54. The molecule has 1 amide bonds. The highest BCUT2D eigenvalue weighted by Crippen LogP contribution is 2.38. The summed E-state index contributed by atoms with van der Waals surface area (Å²) in [6.07, 6.45) is 105. The summed E-state index contributed by atoms with van der Waals surface area (Å²) >= 11 is 0. The van der Waals surface area contributed by atoms with Crippen LogP contribution in [-0.2, 0) is 18.4 Å². The van der Waals surface area contributed by atoms with E-state index in [9.17, 15) is 19.4 Å². The minimum absolute atomic E-state index is 0.0121. The molecule has 0 aliphatic heterocycles. The number of quaternary nitrogens is 1. The maximum atomic E-state index is 13.0. The number of allylic oxidation sites excluding steroid dienone is 23. The highest BCUT2D eigenvalue weighted by Gasteiger charge is 2.23. The SMILES string of the molecule is CC/C=C\C/C=C\C/C=C\C/C=C\C/C=C\C/C=C\C/C=C\C/C=C\C/C=C\C/C=C\C/C=C\CCCCCCCC(=O)NC(COP(=O)([O-])OCC[N+](C)(C)C)C(O)/C=C/CCCCCCCCCCCCCCCCCCCCCCCCCCCC. The van der Waals surface area contributed by atoms with Crippen LogP contribution in [0, 0.1) is 0 Å². The molecule has 510 valence electrons. The third-order valence-corrected chi connectivity index (χ3v) is 16.8. The first-order chi connectivity index (χ1) is 43.5. The molecule has 0 aliphatic rings. The fourth-order valence-corrected chi connectivity index (χ4v) is 10.9. The molecule has 0 aromatic heterocycles. The molecule has 3 atom stereocenters. The van der Waals surface area contributed by atoms with Crippen molar-refractivity contribution >= 4 is 13.7 Å². The normalized spacial score (nSPS) is 14.5. The second-order valence-corrected chi connectivity index (χ2v) is 27.0. The number of phosphoric ester groups is 1. The zero-order chi connectivity index (χ0) is 64.8. The van der Waals surface area contributed by atoms with Crippen LogP contribution in [0.4, 0.5) is 0 Å². The molecule has 0 rings (SSSR count). The Morgan fingerprint density at radius 1 is 0.404 bits per heavy atom. The number of hydrogen-bond donors (Lipinski definition) is 2. The number of aliphatic hydroxyl groups excluding tert-OH is 1. The number of carbonyl (C=O) groups excluding carboxylic acids is 1. The van der Waals surface area contributed by atoms with Gasteiger partial charge in [-0.1, -0.05) is 339 Å². The molecular weight excluding hydrogens is 1120 g/mol. The molecule has 9 heteroatoms. The number of hydrogen-bond acceptors (Lipinski definition) is 6. The Morgan fingerprint density at radius 3 is 1.00 bits per heavy atom. The summed E-state index contributed by atoms with van der Waals surface area (Å²) in [5, 5.41) is 14.0. The quantitative estimate of drug-likeness (QED) is 0.0272. The minimum atomic E-state index is -4.62. The van der Waals surface area contributed by atoms with Gasteiger partial charge in [-0.25, -0.2) is 0 Å². The monoisotopic (exact) mass is 1260 g/mol. The number of carbonyl (C=O) groups is 1. The van der Waals surface area contributed by atoms with Crippen LogP contribution in [0.15, 0.2) is 146 Å². The van der Waals surface area contributed by atoms with E-state index in [0.717, 1.165) is 128 Å². The number of amides is 1. The van der Waals surface area contributed by atoms with E-state index >= 15 is 0 Å². The lowest BCUT2D eigenvalue weighted by Gasteiger charge is -2.29. The van der Waals surface area contributed by atoms with Crippen LogP contribution >= 0.6 is 7.82 Å². The Labute approximate surface area is 550 Å². The van der Waals surface area contributed by atoms with Gasteiger partial charge in [-0.3, -0.25) is 9.36 Å². The van der Waals surface area contributed by atoms with Gasteiger partial charge in [0, 0.05) is 6.42 Å². The van der Waals surface area contributed by atoms with E-state index in [-0.39, 0.29) is 12.5 Å². The highest BCUT2D eigenvalue weighted by molar-refractivity contribution is 7.45. The van der Waals surface area contributed by atoms with Gasteiger partial charge in [0.1, 0.15) is 13.2 Å². The predicted octanol–water partition coefficient (Wildman–Crippen LogP) is 23.3. The molecule has 0 aromatic carbocycles. The zero-order valence-corrected chi connectivity index (χ0v) is 59.2. The van der Waals surface area contributed by atoms with Crippen molar-refractivity contribution in [3.05, 3.63) is 146 Å². The van der Waals surface area contributed by atoms with Crippen molar-refractivity contribution in [3.63, 3.8) is 0 Å². The maximum absolute atomic E-state index is 13.0. The third kappa shape index (κ3) is 71.7. The highest BCUT2D eigenvalue weighted by atomic mass is 31.2. The molecule has 0 heterocycles. The summed E-state index contributed by atoms with van der Waals surface area (Å²) in [5.41, 5.74) is 0. The van der Waals surface area contributed by atoms with E-state index in [4.69, 9.17) is 9.05 Å². The number of nitrogens with one attached hydrogen (secondary N) is 1. The smallest absolute Gasteiger partial charge is 0.268 e. The minimum Gasteiger partial charge on any atom is -0.756 e. The molecule has 0 radical (unpaired) electrons. The standard InChI is InChI=1S/C80H139N2O6P/c1-6-8-10-12-14-16-18-20-22-24-26-28-30-32-34-36-37-38-39-40-41-42-43-44-45-46-48-50-52-54-56-58-60-62-64-66-68-70-72-74-80(84)81-78(77-88-89(85,86)87-76-75-82(3,4)5)79(83)73-71-69-67-65-63-61-59-57-55-53-51-49-47-35-33-31-29-27-25-23-21-19-17-15-13-11-9-7-2/h8,10,14,16,20,22,26,28,32,34,37-38,40-41,43-44,46,48,52,54,58,60,71,73,78-79,83H,6-7,9,11-13,15,17-19,21,23-25,27,29-31,33,35-36,39,42,45,47,49-51,53,55-57,59,61-70,72,74-77H2,1-5H3,(H-,81,84,85,86)/b10-8-,16-14-,22-20-,28-26-,34-32-,38-37-,41-40-,44-43-,48-46-,54-52-,60-58-,73-71+. The van der Waals surface area contributed by atoms with Crippen molar-refractivity contribution in [2.24, 2.45) is 0 Å².